The number of rotatable bonds is 7. The zero-order chi connectivity index (χ0) is 25.8. The topological polar surface area (TPSA) is 156 Å². The molecule has 0 bridgehead atoms. The standard InChI is InChI=1S/C23H27N3O9/c1-13(27)32-12-23(31)10-19(26-11-18(24-25-26)17-8-6-5-7-9-17)20(33-14(2)28)21(34-15(3)29)22(23)35-16(4)30/h5-9,11,19-22,31H,10,12H2,1-4H3/t19-,20-,21+,22-,23-/m0/s1. The molecule has 2 aromatic rings. The summed E-state index contributed by atoms with van der Waals surface area (Å²) in [7, 11) is 0. The van der Waals surface area contributed by atoms with Crippen LogP contribution in [0.1, 0.15) is 40.2 Å². The summed E-state index contributed by atoms with van der Waals surface area (Å²) >= 11 is 0. The van der Waals surface area contributed by atoms with Crippen LogP contribution in [0.4, 0.5) is 0 Å². The largest absolute Gasteiger partial charge is 0.463 e. The molecule has 0 saturated heterocycles. The molecular formula is C23H27N3O9. The summed E-state index contributed by atoms with van der Waals surface area (Å²) in [6.45, 7) is 3.96. The van der Waals surface area contributed by atoms with Crippen LogP contribution < -0.4 is 0 Å². The first-order valence-corrected chi connectivity index (χ1v) is 10.8. The number of hydrogen-bond acceptors (Lipinski definition) is 11. The molecule has 0 amide bonds. The Morgan fingerprint density at radius 3 is 2.11 bits per heavy atom. The van der Waals surface area contributed by atoms with Crippen molar-refractivity contribution in [1.82, 2.24) is 15.0 Å². The van der Waals surface area contributed by atoms with E-state index in [-0.39, 0.29) is 6.42 Å². The second-order valence-electron chi connectivity index (χ2n) is 8.28. The number of benzene rings is 1. The molecule has 1 aromatic heterocycles. The summed E-state index contributed by atoms with van der Waals surface area (Å²) in [5.74, 6) is -2.95. The fraction of sp³-hybridized carbons (Fsp3) is 0.478. The molecule has 1 aliphatic rings. The minimum atomic E-state index is -2.02. The van der Waals surface area contributed by atoms with Crippen molar-refractivity contribution in [3.8, 4) is 11.3 Å². The van der Waals surface area contributed by atoms with Crippen molar-refractivity contribution in [1.29, 1.82) is 0 Å². The maximum atomic E-state index is 12.0. The first kappa shape index (κ1) is 25.8. The van der Waals surface area contributed by atoms with Gasteiger partial charge in [0.1, 0.15) is 17.9 Å². The molecule has 12 heteroatoms. The van der Waals surface area contributed by atoms with Crippen molar-refractivity contribution >= 4 is 23.9 Å². The third-order valence-corrected chi connectivity index (χ3v) is 5.44. The van der Waals surface area contributed by atoms with E-state index in [1.165, 1.54) is 11.6 Å². The number of aromatic nitrogens is 3. The molecule has 1 aromatic carbocycles. The van der Waals surface area contributed by atoms with Gasteiger partial charge in [-0.1, -0.05) is 35.5 Å². The highest BCUT2D eigenvalue weighted by atomic mass is 16.6. The molecule has 188 valence electrons. The van der Waals surface area contributed by atoms with Crippen LogP contribution in [0.15, 0.2) is 36.5 Å². The van der Waals surface area contributed by atoms with E-state index in [4.69, 9.17) is 18.9 Å². The van der Waals surface area contributed by atoms with Gasteiger partial charge in [0.05, 0.1) is 12.2 Å². The highest BCUT2D eigenvalue weighted by Gasteiger charge is 2.59. The molecule has 1 aliphatic carbocycles. The van der Waals surface area contributed by atoms with E-state index in [9.17, 15) is 24.3 Å². The van der Waals surface area contributed by atoms with Crippen molar-refractivity contribution in [3.05, 3.63) is 36.5 Å². The number of aliphatic hydroxyl groups is 1. The van der Waals surface area contributed by atoms with Crippen LogP contribution in [0.3, 0.4) is 0 Å². The molecule has 12 nitrogen and oxygen atoms in total. The maximum absolute atomic E-state index is 12.0. The van der Waals surface area contributed by atoms with E-state index in [1.54, 1.807) is 6.20 Å². The van der Waals surface area contributed by atoms with Crippen LogP contribution in [0.2, 0.25) is 0 Å². The minimum Gasteiger partial charge on any atom is -0.463 e. The average molecular weight is 489 g/mol. The fourth-order valence-corrected chi connectivity index (χ4v) is 4.10. The molecule has 1 fully saturated rings. The Hall–Kier alpha value is -3.80. The lowest BCUT2D eigenvalue weighted by Gasteiger charge is -2.48. The Morgan fingerprint density at radius 2 is 1.54 bits per heavy atom. The van der Waals surface area contributed by atoms with Crippen molar-refractivity contribution in [3.63, 3.8) is 0 Å². The maximum Gasteiger partial charge on any atom is 0.303 e. The van der Waals surface area contributed by atoms with Gasteiger partial charge < -0.3 is 24.1 Å². The number of nitrogens with zero attached hydrogens (tertiary/aromatic N) is 3. The van der Waals surface area contributed by atoms with E-state index in [1.807, 2.05) is 30.3 Å². The quantitative estimate of drug-likeness (QED) is 0.437. The lowest BCUT2D eigenvalue weighted by atomic mass is 9.75. The molecule has 35 heavy (non-hydrogen) atoms. The Morgan fingerprint density at radius 1 is 0.943 bits per heavy atom. The van der Waals surface area contributed by atoms with Crippen molar-refractivity contribution < 1.29 is 43.2 Å². The van der Waals surface area contributed by atoms with Crippen LogP contribution in [-0.4, -0.2) is 74.5 Å². The van der Waals surface area contributed by atoms with Crippen molar-refractivity contribution in [2.45, 2.75) is 64.1 Å². The predicted octanol–water partition coefficient (Wildman–Crippen LogP) is 0.979. The Labute approximate surface area is 201 Å². The van der Waals surface area contributed by atoms with Gasteiger partial charge in [-0.2, -0.15) is 0 Å². The van der Waals surface area contributed by atoms with Gasteiger partial charge in [0.25, 0.3) is 0 Å². The third-order valence-electron chi connectivity index (χ3n) is 5.44. The molecule has 0 spiro atoms. The van der Waals surface area contributed by atoms with E-state index >= 15 is 0 Å². The molecule has 0 aliphatic heterocycles. The Kier molecular flexibility index (Phi) is 7.85. The highest BCUT2D eigenvalue weighted by molar-refractivity contribution is 5.69. The van der Waals surface area contributed by atoms with Gasteiger partial charge in [-0.15, -0.1) is 5.10 Å². The number of carbonyl (C=O) groups is 4. The van der Waals surface area contributed by atoms with E-state index < -0.39 is 60.4 Å². The van der Waals surface area contributed by atoms with Gasteiger partial charge in [-0.3, -0.25) is 19.2 Å². The van der Waals surface area contributed by atoms with Crippen LogP contribution in [0, 0.1) is 0 Å². The Bertz CT molecular complexity index is 1090. The van der Waals surface area contributed by atoms with Crippen molar-refractivity contribution in [2.75, 3.05) is 6.61 Å². The van der Waals surface area contributed by atoms with Gasteiger partial charge in [0.15, 0.2) is 18.3 Å². The molecule has 1 N–H and O–H groups in total. The lowest BCUT2D eigenvalue weighted by Crippen LogP contribution is -2.66. The van der Waals surface area contributed by atoms with E-state index in [0.717, 1.165) is 26.3 Å². The van der Waals surface area contributed by atoms with Gasteiger partial charge in [0, 0.05) is 39.7 Å². The first-order chi connectivity index (χ1) is 16.5. The SMILES string of the molecule is CC(=O)OC[C@@]1(O)C[C@H](n2cc(-c3ccccc3)nn2)[C@H](OC(C)=O)[C@@H](OC(C)=O)[C@@H]1OC(C)=O. The predicted molar refractivity (Wildman–Crippen MR) is 117 cm³/mol. The Balaban J connectivity index is 2.10. The monoisotopic (exact) mass is 489 g/mol. The molecule has 1 heterocycles. The van der Waals surface area contributed by atoms with Crippen LogP contribution >= 0.6 is 0 Å². The summed E-state index contributed by atoms with van der Waals surface area (Å²) in [4.78, 5) is 47.4. The fourth-order valence-electron chi connectivity index (χ4n) is 4.10. The van der Waals surface area contributed by atoms with Gasteiger partial charge in [-0.25, -0.2) is 4.68 Å². The van der Waals surface area contributed by atoms with E-state index in [2.05, 4.69) is 10.3 Å². The first-order valence-electron chi connectivity index (χ1n) is 10.8. The minimum absolute atomic E-state index is 0.245. The molecule has 1 saturated carbocycles. The smallest absolute Gasteiger partial charge is 0.303 e. The number of ether oxygens (including phenoxy) is 4. The summed E-state index contributed by atoms with van der Waals surface area (Å²) < 4.78 is 22.7. The molecule has 0 radical (unpaired) electrons. The van der Waals surface area contributed by atoms with Crippen molar-refractivity contribution in [2.24, 2.45) is 0 Å². The average Bonchev–Trinajstić information content (AvgIpc) is 3.27. The summed E-state index contributed by atoms with van der Waals surface area (Å²) in [5.41, 5.74) is -0.748. The number of carbonyl (C=O) groups excluding carboxylic acids is 4. The van der Waals surface area contributed by atoms with Gasteiger partial charge in [0.2, 0.25) is 0 Å². The zero-order valence-corrected chi connectivity index (χ0v) is 19.7. The van der Waals surface area contributed by atoms with E-state index in [0.29, 0.717) is 5.69 Å². The third kappa shape index (κ3) is 6.21. The molecule has 0 unspecified atom stereocenters. The summed E-state index contributed by atoms with van der Waals surface area (Å²) in [5, 5.41) is 19.9. The summed E-state index contributed by atoms with van der Waals surface area (Å²) in [6, 6.07) is 8.23. The number of hydrogen-bond donors (Lipinski definition) is 1. The second-order valence-corrected chi connectivity index (χ2v) is 8.28. The highest BCUT2D eigenvalue weighted by Crippen LogP contribution is 2.41. The lowest BCUT2D eigenvalue weighted by molar-refractivity contribution is -0.242. The molecule has 5 atom stereocenters. The number of esters is 4. The van der Waals surface area contributed by atoms with Gasteiger partial charge in [-0.05, 0) is 0 Å². The van der Waals surface area contributed by atoms with Gasteiger partial charge >= 0.3 is 23.9 Å². The summed E-state index contributed by atoms with van der Waals surface area (Å²) in [6.07, 6.45) is -2.83. The normalized spacial score (nSPS) is 25.9. The molecule has 3 rings (SSSR count). The zero-order valence-electron chi connectivity index (χ0n) is 19.7. The van der Waals surface area contributed by atoms with Crippen LogP contribution in [0.5, 0.6) is 0 Å². The second kappa shape index (κ2) is 10.6. The van der Waals surface area contributed by atoms with Crippen LogP contribution in [0.25, 0.3) is 11.3 Å². The molecular weight excluding hydrogens is 462 g/mol. The van der Waals surface area contributed by atoms with Crippen LogP contribution in [-0.2, 0) is 38.1 Å².